The summed E-state index contributed by atoms with van der Waals surface area (Å²) in [5.74, 6) is 3.34. The van der Waals surface area contributed by atoms with Crippen molar-refractivity contribution >= 4 is 28.2 Å². The lowest BCUT2D eigenvalue weighted by molar-refractivity contribution is 0.309. The van der Waals surface area contributed by atoms with E-state index in [1.165, 1.54) is 0 Å². The Balaban J connectivity index is 1.83. The van der Waals surface area contributed by atoms with E-state index in [1.54, 1.807) is 7.11 Å². The second kappa shape index (κ2) is 8.95. The molecule has 160 valence electrons. The van der Waals surface area contributed by atoms with Crippen LogP contribution in [0.15, 0.2) is 48.5 Å². The van der Waals surface area contributed by atoms with Crippen LogP contribution < -0.4 is 20.5 Å². The number of methoxy groups -OCH3 is 1. The third kappa shape index (κ3) is 4.40. The van der Waals surface area contributed by atoms with E-state index < -0.39 is 0 Å². The Morgan fingerprint density at radius 2 is 1.81 bits per heavy atom. The van der Waals surface area contributed by atoms with Crippen molar-refractivity contribution in [3.05, 3.63) is 54.2 Å². The van der Waals surface area contributed by atoms with Crippen LogP contribution in [0.2, 0.25) is 0 Å². The number of benzene rings is 2. The summed E-state index contributed by atoms with van der Waals surface area (Å²) in [6.07, 6.45) is 2.13. The van der Waals surface area contributed by atoms with Gasteiger partial charge in [-0.05, 0) is 49.2 Å². The molecule has 0 aliphatic heterocycles. The monoisotopic (exact) mass is 417 g/mol. The second-order valence-electron chi connectivity index (χ2n) is 7.42. The highest BCUT2D eigenvalue weighted by Gasteiger charge is 2.17. The molecule has 0 fully saturated rings. The third-order valence-corrected chi connectivity index (χ3v) is 5.10. The fourth-order valence-electron chi connectivity index (χ4n) is 3.48. The number of aromatic nitrogens is 3. The molecule has 0 atom stereocenters. The summed E-state index contributed by atoms with van der Waals surface area (Å²) < 4.78 is 11.3. The minimum Gasteiger partial charge on any atom is -0.497 e. The highest BCUT2D eigenvalue weighted by molar-refractivity contribution is 6.06. The molecule has 7 heteroatoms. The Labute approximate surface area is 181 Å². The van der Waals surface area contributed by atoms with Gasteiger partial charge in [0.15, 0.2) is 5.82 Å². The fraction of sp³-hybridized carbons (Fsp3) is 0.250. The van der Waals surface area contributed by atoms with E-state index in [4.69, 9.17) is 15.2 Å². The number of rotatable bonds is 8. The number of nitrogens with two attached hydrogens (primary N) is 1. The van der Waals surface area contributed by atoms with Gasteiger partial charge in [0.2, 0.25) is 0 Å². The summed E-state index contributed by atoms with van der Waals surface area (Å²) in [7, 11) is 1.65. The number of aryl methyl sites for hydroxylation is 1. The van der Waals surface area contributed by atoms with Crippen molar-refractivity contribution < 1.29 is 9.47 Å². The van der Waals surface area contributed by atoms with Crippen molar-refractivity contribution in [2.75, 3.05) is 24.8 Å². The first-order chi connectivity index (χ1) is 15.1. The van der Waals surface area contributed by atoms with E-state index >= 15 is 0 Å². The number of ether oxygens (including phenoxy) is 2. The first kappa shape index (κ1) is 20.5. The molecule has 0 unspecified atom stereocenters. The van der Waals surface area contributed by atoms with Gasteiger partial charge >= 0.3 is 0 Å². The van der Waals surface area contributed by atoms with Gasteiger partial charge < -0.3 is 20.5 Å². The van der Waals surface area contributed by atoms with Gasteiger partial charge in [0.1, 0.15) is 23.1 Å². The number of fused-ring (bicyclic) bond motifs is 1. The highest BCUT2D eigenvalue weighted by atomic mass is 16.5. The second-order valence-corrected chi connectivity index (χ2v) is 7.42. The molecule has 0 amide bonds. The Morgan fingerprint density at radius 1 is 1.03 bits per heavy atom. The van der Waals surface area contributed by atoms with Crippen molar-refractivity contribution in [1.82, 2.24) is 15.2 Å². The molecule has 4 N–H and O–H groups in total. The molecule has 2 aromatic heterocycles. The van der Waals surface area contributed by atoms with Crippen LogP contribution in [0, 0.1) is 6.92 Å². The zero-order valence-corrected chi connectivity index (χ0v) is 18.0. The van der Waals surface area contributed by atoms with E-state index in [0.717, 1.165) is 51.9 Å². The van der Waals surface area contributed by atoms with E-state index in [1.807, 2.05) is 55.5 Å². The molecule has 2 heterocycles. The number of hydrogen-bond acceptors (Lipinski definition) is 6. The first-order valence-corrected chi connectivity index (χ1v) is 10.4. The summed E-state index contributed by atoms with van der Waals surface area (Å²) in [5.41, 5.74) is 9.17. The molecule has 0 radical (unpaired) electrons. The molecule has 0 saturated heterocycles. The molecular weight excluding hydrogens is 390 g/mol. The molecule has 4 aromatic rings. The topological polar surface area (TPSA) is 98.1 Å². The van der Waals surface area contributed by atoms with E-state index in [-0.39, 0.29) is 0 Å². The van der Waals surface area contributed by atoms with Crippen LogP contribution in [-0.4, -0.2) is 28.9 Å². The summed E-state index contributed by atoms with van der Waals surface area (Å²) in [6, 6.07) is 15.8. The normalized spacial score (nSPS) is 10.9. The minimum atomic E-state index is 0.440. The quantitative estimate of drug-likeness (QED) is 0.330. The van der Waals surface area contributed by atoms with Gasteiger partial charge in [-0.2, -0.15) is 5.10 Å². The summed E-state index contributed by atoms with van der Waals surface area (Å²) in [4.78, 5) is 4.66. The Kier molecular flexibility index (Phi) is 5.93. The van der Waals surface area contributed by atoms with Crippen LogP contribution in [-0.2, 0) is 0 Å². The number of nitrogens with zero attached hydrogens (tertiary/aromatic N) is 2. The standard InChI is InChI=1S/C24H27N5O2/c1-4-5-12-31-17-8-6-16(7-9-17)22-20-14-18(30-3)10-11-19(20)23(25)27-24(22)26-21-13-15(2)28-29-21/h6-11,13-14H,4-5,12H2,1-3H3,(H4,25,26,27,28,29). The molecule has 0 aliphatic carbocycles. The molecular formula is C24H27N5O2. The van der Waals surface area contributed by atoms with E-state index in [0.29, 0.717) is 24.1 Å². The highest BCUT2D eigenvalue weighted by Crippen LogP contribution is 2.39. The third-order valence-electron chi connectivity index (χ3n) is 5.10. The predicted molar refractivity (Wildman–Crippen MR) is 125 cm³/mol. The maximum Gasteiger partial charge on any atom is 0.153 e. The first-order valence-electron chi connectivity index (χ1n) is 10.4. The zero-order chi connectivity index (χ0) is 21.8. The summed E-state index contributed by atoms with van der Waals surface area (Å²) in [5, 5.41) is 12.3. The predicted octanol–water partition coefficient (Wildman–Crippen LogP) is 5.45. The molecule has 31 heavy (non-hydrogen) atoms. The number of anilines is 3. The fourth-order valence-corrected chi connectivity index (χ4v) is 3.48. The molecule has 0 saturated carbocycles. The summed E-state index contributed by atoms with van der Waals surface area (Å²) in [6.45, 7) is 4.81. The summed E-state index contributed by atoms with van der Waals surface area (Å²) >= 11 is 0. The van der Waals surface area contributed by atoms with Crippen LogP contribution >= 0.6 is 0 Å². The molecule has 0 spiro atoms. The van der Waals surface area contributed by atoms with Crippen molar-refractivity contribution in [1.29, 1.82) is 0 Å². The number of hydrogen-bond donors (Lipinski definition) is 3. The average Bonchev–Trinajstić information content (AvgIpc) is 3.19. The number of pyridine rings is 1. The van der Waals surface area contributed by atoms with Gasteiger partial charge in [-0.3, -0.25) is 5.10 Å². The largest absolute Gasteiger partial charge is 0.497 e. The van der Waals surface area contributed by atoms with Crippen molar-refractivity contribution in [2.45, 2.75) is 26.7 Å². The van der Waals surface area contributed by atoms with Gasteiger partial charge in [0.25, 0.3) is 0 Å². The Hall–Kier alpha value is -3.74. The average molecular weight is 418 g/mol. The number of nitrogen functional groups attached to an aromatic ring is 1. The SMILES string of the molecule is CCCCOc1ccc(-c2c(Nc3cc(C)[nH]n3)nc(N)c3ccc(OC)cc23)cc1. The molecule has 4 rings (SSSR count). The maximum atomic E-state index is 6.31. The molecule has 0 bridgehead atoms. The maximum absolute atomic E-state index is 6.31. The van der Waals surface area contributed by atoms with Crippen LogP contribution in [0.4, 0.5) is 17.5 Å². The zero-order valence-electron chi connectivity index (χ0n) is 18.0. The number of aromatic amines is 1. The van der Waals surface area contributed by atoms with Crippen LogP contribution in [0.1, 0.15) is 25.5 Å². The van der Waals surface area contributed by atoms with Gasteiger partial charge in [0, 0.05) is 28.1 Å². The van der Waals surface area contributed by atoms with Gasteiger partial charge in [0.05, 0.1) is 13.7 Å². The van der Waals surface area contributed by atoms with Crippen LogP contribution in [0.25, 0.3) is 21.9 Å². The molecule has 7 nitrogen and oxygen atoms in total. The lowest BCUT2D eigenvalue weighted by Crippen LogP contribution is -2.02. The van der Waals surface area contributed by atoms with Gasteiger partial charge in [-0.25, -0.2) is 4.98 Å². The number of H-pyrrole nitrogens is 1. The van der Waals surface area contributed by atoms with E-state index in [9.17, 15) is 0 Å². The lowest BCUT2D eigenvalue weighted by Gasteiger charge is -2.16. The van der Waals surface area contributed by atoms with Crippen LogP contribution in [0.3, 0.4) is 0 Å². The lowest BCUT2D eigenvalue weighted by atomic mass is 9.98. The van der Waals surface area contributed by atoms with Crippen LogP contribution in [0.5, 0.6) is 11.5 Å². The molecule has 2 aromatic carbocycles. The van der Waals surface area contributed by atoms with E-state index in [2.05, 4.69) is 27.4 Å². The molecule has 0 aliphatic rings. The van der Waals surface area contributed by atoms with Crippen molar-refractivity contribution in [3.8, 4) is 22.6 Å². The Morgan fingerprint density at radius 3 is 2.48 bits per heavy atom. The van der Waals surface area contributed by atoms with Crippen molar-refractivity contribution in [2.24, 2.45) is 0 Å². The smallest absolute Gasteiger partial charge is 0.153 e. The Bertz CT molecular complexity index is 1180. The van der Waals surface area contributed by atoms with Crippen molar-refractivity contribution in [3.63, 3.8) is 0 Å². The number of nitrogens with one attached hydrogen (secondary N) is 2. The van der Waals surface area contributed by atoms with Gasteiger partial charge in [-0.15, -0.1) is 0 Å². The van der Waals surface area contributed by atoms with Gasteiger partial charge in [-0.1, -0.05) is 25.5 Å². The minimum absolute atomic E-state index is 0.440. The number of unbranched alkanes of at least 4 members (excludes halogenated alkanes) is 1.